The van der Waals surface area contributed by atoms with E-state index in [9.17, 15) is 5.11 Å². The molecule has 1 aliphatic rings. The van der Waals surface area contributed by atoms with Gasteiger partial charge in [0.1, 0.15) is 5.75 Å². The van der Waals surface area contributed by atoms with Gasteiger partial charge in [-0.3, -0.25) is 4.98 Å². The molecule has 6 nitrogen and oxygen atoms in total. The molecule has 4 rings (SSSR count). The van der Waals surface area contributed by atoms with Gasteiger partial charge in [0.05, 0.1) is 17.8 Å². The molecule has 0 unspecified atom stereocenters. The van der Waals surface area contributed by atoms with Crippen molar-refractivity contribution in [3.05, 3.63) is 77.4 Å². The summed E-state index contributed by atoms with van der Waals surface area (Å²) in [6, 6.07) is 15.7. The van der Waals surface area contributed by atoms with Crippen molar-refractivity contribution < 1.29 is 5.11 Å². The van der Waals surface area contributed by atoms with E-state index in [4.69, 9.17) is 12.2 Å². The van der Waals surface area contributed by atoms with Crippen molar-refractivity contribution in [2.45, 2.75) is 32.4 Å². The van der Waals surface area contributed by atoms with E-state index in [1.165, 1.54) is 11.3 Å². The Kier molecular flexibility index (Phi) is 6.48. The second kappa shape index (κ2) is 9.30. The summed E-state index contributed by atoms with van der Waals surface area (Å²) in [5, 5.41) is 14.0. The normalized spacial score (nSPS) is 18.4. The Morgan fingerprint density at radius 2 is 1.88 bits per heavy atom. The number of benzene rings is 1. The molecule has 0 saturated carbocycles. The van der Waals surface area contributed by atoms with Crippen molar-refractivity contribution in [1.82, 2.24) is 24.7 Å². The van der Waals surface area contributed by atoms with Gasteiger partial charge in [0.25, 0.3) is 0 Å². The minimum absolute atomic E-state index is 0.0168. The number of phenolic OH excluding ortho intramolecular Hbond substituents is 1. The lowest BCUT2D eigenvalue weighted by Crippen LogP contribution is -2.32. The molecule has 168 valence electrons. The van der Waals surface area contributed by atoms with Gasteiger partial charge in [-0.15, -0.1) is 0 Å². The number of thiocarbonyl (C=S) groups is 1. The molecule has 0 radical (unpaired) electrons. The van der Waals surface area contributed by atoms with Crippen LogP contribution in [0.15, 0.2) is 54.7 Å². The summed E-state index contributed by atoms with van der Waals surface area (Å²) in [5.74, 6) is 0.268. The summed E-state index contributed by atoms with van der Waals surface area (Å²) in [6.45, 7) is 6.16. The smallest absolute Gasteiger partial charge is 0.170 e. The molecule has 1 aliphatic heterocycles. The second-order valence-corrected chi connectivity index (χ2v) is 9.04. The zero-order valence-electron chi connectivity index (χ0n) is 19.1. The molecule has 32 heavy (non-hydrogen) atoms. The topological polar surface area (TPSA) is 56.6 Å². The van der Waals surface area contributed by atoms with Crippen LogP contribution in [0.2, 0.25) is 0 Å². The number of aromatic nitrogens is 2. The highest BCUT2D eigenvalue weighted by Gasteiger charge is 2.41. The van der Waals surface area contributed by atoms with Gasteiger partial charge < -0.3 is 24.8 Å². The number of phenols is 1. The second-order valence-electron chi connectivity index (χ2n) is 8.66. The Bertz CT molecular complexity index is 1080. The third kappa shape index (κ3) is 4.36. The van der Waals surface area contributed by atoms with Crippen LogP contribution < -0.4 is 5.32 Å². The summed E-state index contributed by atoms with van der Waals surface area (Å²) in [6.07, 6.45) is 2.86. The maximum atomic E-state index is 9.72. The Hall–Kier alpha value is -2.90. The predicted molar refractivity (Wildman–Crippen MR) is 132 cm³/mol. The SMILES string of the molecule is Cc1cc([C@H]2[C@@H](c3ccccn3)NC(=S)N2CCCN(C)C)c(C)n1-c1ccc(O)cc1. The first kappa shape index (κ1) is 22.3. The van der Waals surface area contributed by atoms with E-state index < -0.39 is 0 Å². The first-order valence-electron chi connectivity index (χ1n) is 11.0. The number of rotatable bonds is 7. The van der Waals surface area contributed by atoms with Crippen molar-refractivity contribution in [3.8, 4) is 11.4 Å². The molecule has 3 heterocycles. The lowest BCUT2D eigenvalue weighted by molar-refractivity contribution is 0.292. The number of aromatic hydroxyl groups is 1. The molecular formula is C25H31N5OS. The summed E-state index contributed by atoms with van der Waals surface area (Å²) in [4.78, 5) is 9.17. The number of nitrogens with zero attached hydrogens (tertiary/aromatic N) is 4. The quantitative estimate of drug-likeness (QED) is 0.529. The van der Waals surface area contributed by atoms with Gasteiger partial charge in [-0.05, 0) is 101 Å². The average molecular weight is 450 g/mol. The van der Waals surface area contributed by atoms with Crippen LogP contribution in [-0.4, -0.2) is 56.8 Å². The zero-order chi connectivity index (χ0) is 22.8. The predicted octanol–water partition coefficient (Wildman–Crippen LogP) is 4.12. The maximum absolute atomic E-state index is 9.72. The fraction of sp³-hybridized carbons (Fsp3) is 0.360. The van der Waals surface area contributed by atoms with Crippen molar-refractivity contribution >= 4 is 17.3 Å². The summed E-state index contributed by atoms with van der Waals surface area (Å²) in [5.41, 5.74) is 5.58. The highest BCUT2D eigenvalue weighted by atomic mass is 32.1. The molecule has 7 heteroatoms. The van der Waals surface area contributed by atoms with Crippen LogP contribution in [0, 0.1) is 13.8 Å². The van der Waals surface area contributed by atoms with Gasteiger partial charge in [0.2, 0.25) is 0 Å². The van der Waals surface area contributed by atoms with Gasteiger partial charge in [-0.25, -0.2) is 0 Å². The molecule has 2 aromatic heterocycles. The molecule has 2 atom stereocenters. The number of aryl methyl sites for hydroxylation is 1. The van der Waals surface area contributed by atoms with E-state index in [-0.39, 0.29) is 17.8 Å². The Balaban J connectivity index is 1.76. The number of pyridine rings is 1. The summed E-state index contributed by atoms with van der Waals surface area (Å²) >= 11 is 5.80. The van der Waals surface area contributed by atoms with Crippen LogP contribution in [0.25, 0.3) is 5.69 Å². The first-order valence-corrected chi connectivity index (χ1v) is 11.4. The molecule has 2 N–H and O–H groups in total. The number of nitrogens with one attached hydrogen (secondary N) is 1. The summed E-state index contributed by atoms with van der Waals surface area (Å²) < 4.78 is 2.24. The Labute approximate surface area is 195 Å². The van der Waals surface area contributed by atoms with Crippen molar-refractivity contribution in [3.63, 3.8) is 0 Å². The van der Waals surface area contributed by atoms with Crippen molar-refractivity contribution in [2.75, 3.05) is 27.2 Å². The van der Waals surface area contributed by atoms with Crippen LogP contribution in [0.5, 0.6) is 5.75 Å². The monoisotopic (exact) mass is 449 g/mol. The molecule has 1 aromatic carbocycles. The van der Waals surface area contributed by atoms with Crippen LogP contribution in [0.4, 0.5) is 0 Å². The molecule has 1 saturated heterocycles. The highest BCUT2D eigenvalue weighted by Crippen LogP contribution is 2.41. The van der Waals surface area contributed by atoms with Crippen molar-refractivity contribution in [2.24, 2.45) is 0 Å². The molecular weight excluding hydrogens is 418 g/mol. The molecule has 0 bridgehead atoms. The minimum atomic E-state index is -0.0168. The molecule has 3 aromatic rings. The fourth-order valence-corrected chi connectivity index (χ4v) is 4.96. The van der Waals surface area contributed by atoms with Crippen LogP contribution >= 0.6 is 12.2 Å². The Morgan fingerprint density at radius 1 is 1.12 bits per heavy atom. The standard InChI is InChI=1S/C25H31N5OS/c1-17-16-21(18(2)30(17)19-9-11-20(31)12-10-19)24-23(22-8-5-6-13-26-22)27-25(32)29(24)15-7-14-28(3)4/h5-6,8-13,16,23-24,31H,7,14-15H2,1-4H3,(H,27,32)/t23-,24+/m1/s1. The third-order valence-corrected chi connectivity index (χ3v) is 6.45. The lowest BCUT2D eigenvalue weighted by atomic mass is 9.96. The first-order chi connectivity index (χ1) is 15.4. The van der Waals surface area contributed by atoms with Crippen molar-refractivity contribution in [1.29, 1.82) is 0 Å². The fourth-order valence-electron chi connectivity index (χ4n) is 4.63. The molecule has 0 spiro atoms. The van der Waals surface area contributed by atoms with Gasteiger partial charge in [0, 0.05) is 29.8 Å². The zero-order valence-corrected chi connectivity index (χ0v) is 19.9. The third-order valence-electron chi connectivity index (χ3n) is 6.10. The maximum Gasteiger partial charge on any atom is 0.170 e. The van der Waals surface area contributed by atoms with E-state index in [2.05, 4.69) is 64.7 Å². The van der Waals surface area contributed by atoms with Crippen LogP contribution in [0.3, 0.4) is 0 Å². The van der Waals surface area contributed by atoms with E-state index in [0.29, 0.717) is 0 Å². The van der Waals surface area contributed by atoms with E-state index >= 15 is 0 Å². The molecule has 0 amide bonds. The number of hydrogen-bond acceptors (Lipinski definition) is 4. The van der Waals surface area contributed by atoms with Crippen LogP contribution in [-0.2, 0) is 0 Å². The lowest BCUT2D eigenvalue weighted by Gasteiger charge is -2.28. The molecule has 0 aliphatic carbocycles. The van der Waals surface area contributed by atoms with Gasteiger partial charge in [0.15, 0.2) is 5.11 Å². The largest absolute Gasteiger partial charge is 0.508 e. The Morgan fingerprint density at radius 3 is 2.53 bits per heavy atom. The summed E-state index contributed by atoms with van der Waals surface area (Å²) in [7, 11) is 4.19. The molecule has 1 fully saturated rings. The van der Waals surface area contributed by atoms with E-state index in [0.717, 1.165) is 41.7 Å². The average Bonchev–Trinajstić information content (AvgIpc) is 3.25. The van der Waals surface area contributed by atoms with E-state index in [1.54, 1.807) is 12.1 Å². The van der Waals surface area contributed by atoms with E-state index in [1.807, 2.05) is 30.5 Å². The van der Waals surface area contributed by atoms with Gasteiger partial charge in [-0.1, -0.05) is 6.07 Å². The van der Waals surface area contributed by atoms with Gasteiger partial charge >= 0.3 is 0 Å². The number of hydrogen-bond donors (Lipinski definition) is 2. The van der Waals surface area contributed by atoms with Gasteiger partial charge in [-0.2, -0.15) is 0 Å². The highest BCUT2D eigenvalue weighted by molar-refractivity contribution is 7.80. The van der Waals surface area contributed by atoms with Crippen LogP contribution in [0.1, 0.15) is 41.1 Å². The minimum Gasteiger partial charge on any atom is -0.508 e.